The highest BCUT2D eigenvalue weighted by molar-refractivity contribution is 6.09. The minimum Gasteiger partial charge on any atom is -0.493 e. The zero-order valence-electron chi connectivity index (χ0n) is 19.3. The average molecular weight is 459 g/mol. The molecule has 0 fully saturated rings. The summed E-state index contributed by atoms with van der Waals surface area (Å²) in [5.74, 6) is 1.18. The molecule has 3 N–H and O–H groups in total. The van der Waals surface area contributed by atoms with E-state index in [4.69, 9.17) is 9.72 Å². The maximum Gasteiger partial charge on any atom is 0.237 e. The number of carbonyl (C=O) groups excluding carboxylic acids is 2. The highest BCUT2D eigenvalue weighted by Crippen LogP contribution is 2.43. The van der Waals surface area contributed by atoms with Gasteiger partial charge in [-0.15, -0.1) is 0 Å². The highest BCUT2D eigenvalue weighted by Gasteiger charge is 2.43. The maximum absolute atomic E-state index is 12.8. The standard InChI is InChI=1S/C25H26N6O3/c1-4-31-20-13-18-17(12-16(20)25(2,3)24(31)33)28-23(29-18)22-19(14-26-30-22)27-21(32)10-11-34-15-8-6-5-7-9-15/h5-9,12-14H,4,10-11H2,1-3H3,(H,26,30)(H,27,32)(H,28,29). The van der Waals surface area contributed by atoms with Crippen LogP contribution in [0.5, 0.6) is 5.75 Å². The van der Waals surface area contributed by atoms with Gasteiger partial charge in [-0.05, 0) is 50.6 Å². The van der Waals surface area contributed by atoms with E-state index in [0.717, 1.165) is 28.0 Å². The second-order valence-corrected chi connectivity index (χ2v) is 8.76. The molecule has 5 rings (SSSR count). The van der Waals surface area contributed by atoms with Gasteiger partial charge in [0, 0.05) is 6.54 Å². The molecular formula is C25H26N6O3. The van der Waals surface area contributed by atoms with Crippen molar-refractivity contribution in [3.63, 3.8) is 0 Å². The molecule has 0 aliphatic carbocycles. The number of hydrogen-bond donors (Lipinski definition) is 3. The SMILES string of the molecule is CCN1C(=O)C(C)(C)c2cc3[nH]c(-c4[nH]ncc4NC(=O)CCOc4ccccc4)nc3cc21. The largest absolute Gasteiger partial charge is 0.493 e. The van der Waals surface area contributed by atoms with Gasteiger partial charge in [0.05, 0.1) is 47.0 Å². The molecule has 174 valence electrons. The summed E-state index contributed by atoms with van der Waals surface area (Å²) in [4.78, 5) is 35.1. The molecule has 0 bridgehead atoms. The molecule has 1 aliphatic rings. The Bertz CT molecular complexity index is 1370. The number of benzene rings is 2. The number of amides is 2. The van der Waals surface area contributed by atoms with E-state index in [9.17, 15) is 9.59 Å². The van der Waals surface area contributed by atoms with Crippen LogP contribution in [-0.4, -0.2) is 45.1 Å². The monoisotopic (exact) mass is 458 g/mol. The number of rotatable bonds is 7. The number of carbonyl (C=O) groups is 2. The predicted molar refractivity (Wildman–Crippen MR) is 130 cm³/mol. The van der Waals surface area contributed by atoms with Crippen molar-refractivity contribution in [2.24, 2.45) is 0 Å². The second-order valence-electron chi connectivity index (χ2n) is 8.76. The van der Waals surface area contributed by atoms with E-state index in [1.165, 1.54) is 0 Å². The van der Waals surface area contributed by atoms with Crippen LogP contribution in [0, 0.1) is 0 Å². The Kier molecular flexibility index (Phi) is 5.31. The van der Waals surface area contributed by atoms with Crippen LogP contribution in [0.15, 0.2) is 48.7 Å². The van der Waals surface area contributed by atoms with Gasteiger partial charge in [-0.2, -0.15) is 5.10 Å². The molecule has 4 aromatic rings. The normalized spacial score (nSPS) is 14.4. The van der Waals surface area contributed by atoms with E-state index in [0.29, 0.717) is 23.8 Å². The molecule has 2 amide bonds. The summed E-state index contributed by atoms with van der Waals surface area (Å²) in [6.07, 6.45) is 1.75. The van der Waals surface area contributed by atoms with E-state index in [1.54, 1.807) is 11.1 Å². The number of nitrogens with zero attached hydrogens (tertiary/aromatic N) is 3. The van der Waals surface area contributed by atoms with Crippen molar-refractivity contribution in [2.75, 3.05) is 23.4 Å². The van der Waals surface area contributed by atoms with Crippen molar-refractivity contribution < 1.29 is 14.3 Å². The van der Waals surface area contributed by atoms with Crippen molar-refractivity contribution >= 4 is 34.2 Å². The van der Waals surface area contributed by atoms with Crippen LogP contribution in [0.25, 0.3) is 22.6 Å². The van der Waals surface area contributed by atoms with Crippen LogP contribution >= 0.6 is 0 Å². The number of likely N-dealkylation sites (N-methyl/N-ethyl adjacent to an activating group) is 1. The number of nitrogens with one attached hydrogen (secondary N) is 3. The van der Waals surface area contributed by atoms with Gasteiger partial charge in [0.2, 0.25) is 11.8 Å². The second kappa shape index (κ2) is 8.33. The predicted octanol–water partition coefficient (Wildman–Crippen LogP) is 4.00. The first-order valence-corrected chi connectivity index (χ1v) is 11.3. The van der Waals surface area contributed by atoms with Crippen LogP contribution in [-0.2, 0) is 15.0 Å². The Hall–Kier alpha value is -4.14. The fourth-order valence-corrected chi connectivity index (χ4v) is 4.32. The van der Waals surface area contributed by atoms with Gasteiger partial charge in [-0.25, -0.2) is 4.98 Å². The average Bonchev–Trinajstić information content (AvgIpc) is 3.49. The van der Waals surface area contributed by atoms with Gasteiger partial charge < -0.3 is 19.9 Å². The molecule has 2 aromatic carbocycles. The number of para-hydroxylation sites is 1. The molecule has 0 spiro atoms. The van der Waals surface area contributed by atoms with Gasteiger partial charge in [-0.1, -0.05) is 18.2 Å². The van der Waals surface area contributed by atoms with Crippen LogP contribution in [0.4, 0.5) is 11.4 Å². The molecule has 0 saturated heterocycles. The molecule has 3 heterocycles. The quantitative estimate of drug-likeness (QED) is 0.387. The number of imidazole rings is 1. The number of aromatic nitrogens is 4. The first kappa shape index (κ1) is 21.7. The molecule has 9 heteroatoms. The summed E-state index contributed by atoms with van der Waals surface area (Å²) in [6, 6.07) is 13.3. The van der Waals surface area contributed by atoms with Gasteiger partial charge in [0.1, 0.15) is 11.4 Å². The van der Waals surface area contributed by atoms with Crippen LogP contribution < -0.4 is 15.0 Å². The summed E-state index contributed by atoms with van der Waals surface area (Å²) < 4.78 is 5.60. The number of fused-ring (bicyclic) bond motifs is 2. The number of aromatic amines is 2. The van der Waals surface area contributed by atoms with Gasteiger partial charge in [-0.3, -0.25) is 14.7 Å². The molecule has 34 heavy (non-hydrogen) atoms. The Labute approximate surface area is 196 Å². The van der Waals surface area contributed by atoms with E-state index in [-0.39, 0.29) is 24.8 Å². The zero-order valence-corrected chi connectivity index (χ0v) is 19.3. The molecule has 0 saturated carbocycles. The van der Waals surface area contributed by atoms with Gasteiger partial charge >= 0.3 is 0 Å². The van der Waals surface area contributed by atoms with Crippen molar-refractivity contribution in [3.05, 3.63) is 54.2 Å². The lowest BCUT2D eigenvalue weighted by molar-refractivity contribution is -0.122. The molecule has 9 nitrogen and oxygen atoms in total. The maximum atomic E-state index is 12.8. The molecule has 1 aliphatic heterocycles. The molecule has 2 aromatic heterocycles. The van der Waals surface area contributed by atoms with Crippen LogP contribution in [0.2, 0.25) is 0 Å². The number of hydrogen-bond acceptors (Lipinski definition) is 5. The highest BCUT2D eigenvalue weighted by atomic mass is 16.5. The number of ether oxygens (including phenoxy) is 1. The molecular weight excluding hydrogens is 432 g/mol. The minimum atomic E-state index is -0.597. The molecule has 0 atom stereocenters. The summed E-state index contributed by atoms with van der Waals surface area (Å²) >= 11 is 0. The third-order valence-electron chi connectivity index (χ3n) is 6.15. The lowest BCUT2D eigenvalue weighted by atomic mass is 9.86. The van der Waals surface area contributed by atoms with Gasteiger partial charge in [0.25, 0.3) is 0 Å². The van der Waals surface area contributed by atoms with Crippen molar-refractivity contribution in [3.8, 4) is 17.3 Å². The molecule has 0 unspecified atom stereocenters. The Balaban J connectivity index is 1.35. The summed E-state index contributed by atoms with van der Waals surface area (Å²) in [5, 5.41) is 9.88. The smallest absolute Gasteiger partial charge is 0.237 e. The van der Waals surface area contributed by atoms with E-state index in [2.05, 4.69) is 20.5 Å². The molecule has 0 radical (unpaired) electrons. The van der Waals surface area contributed by atoms with Gasteiger partial charge in [0.15, 0.2) is 5.82 Å². The van der Waals surface area contributed by atoms with E-state index in [1.807, 2.05) is 63.2 Å². The third kappa shape index (κ3) is 3.68. The third-order valence-corrected chi connectivity index (χ3v) is 6.15. The lowest BCUT2D eigenvalue weighted by Crippen LogP contribution is -2.35. The zero-order chi connectivity index (χ0) is 23.9. The van der Waals surface area contributed by atoms with Crippen molar-refractivity contribution in [2.45, 2.75) is 32.6 Å². The van der Waals surface area contributed by atoms with Crippen molar-refractivity contribution in [1.29, 1.82) is 0 Å². The Morgan fingerprint density at radius 3 is 2.76 bits per heavy atom. The fraction of sp³-hybridized carbons (Fsp3) is 0.280. The fourth-order valence-electron chi connectivity index (χ4n) is 4.32. The lowest BCUT2D eigenvalue weighted by Gasteiger charge is -2.18. The topological polar surface area (TPSA) is 116 Å². The summed E-state index contributed by atoms with van der Waals surface area (Å²) in [7, 11) is 0. The summed E-state index contributed by atoms with van der Waals surface area (Å²) in [6.45, 7) is 6.71. The summed E-state index contributed by atoms with van der Waals surface area (Å²) in [5.41, 5.74) is 3.92. The van der Waals surface area contributed by atoms with Crippen LogP contribution in [0.1, 0.15) is 32.8 Å². The Morgan fingerprint density at radius 1 is 1.21 bits per heavy atom. The number of anilines is 2. The van der Waals surface area contributed by atoms with E-state index < -0.39 is 5.41 Å². The van der Waals surface area contributed by atoms with Crippen LogP contribution in [0.3, 0.4) is 0 Å². The Morgan fingerprint density at radius 2 is 2.00 bits per heavy atom. The minimum absolute atomic E-state index is 0.0905. The van der Waals surface area contributed by atoms with Crippen molar-refractivity contribution in [1.82, 2.24) is 20.2 Å². The first-order chi connectivity index (χ1) is 16.4. The van der Waals surface area contributed by atoms with E-state index >= 15 is 0 Å². The number of H-pyrrole nitrogens is 2. The first-order valence-electron chi connectivity index (χ1n) is 11.3.